The lowest BCUT2D eigenvalue weighted by Crippen LogP contribution is -2.37. The van der Waals surface area contributed by atoms with E-state index in [-0.39, 0.29) is 5.91 Å². The van der Waals surface area contributed by atoms with Crippen LogP contribution in [-0.2, 0) is 6.42 Å². The largest absolute Gasteiger partial charge is 0.399 e. The Kier molecular flexibility index (Phi) is 7.05. The molecule has 1 aromatic heterocycles. The second-order valence-electron chi connectivity index (χ2n) is 10.6. The summed E-state index contributed by atoms with van der Waals surface area (Å²) in [4.78, 5) is 16.1. The normalized spacial score (nSPS) is 20.1. The molecular formula is C30H39N3O. The third kappa shape index (κ3) is 4.93. The summed E-state index contributed by atoms with van der Waals surface area (Å²) in [5.74, 6) is 1.85. The van der Waals surface area contributed by atoms with Gasteiger partial charge in [0.15, 0.2) is 0 Å². The molecule has 0 spiro atoms. The first-order valence-corrected chi connectivity index (χ1v) is 13.3. The van der Waals surface area contributed by atoms with E-state index in [0.717, 1.165) is 47.1 Å². The molecule has 2 fully saturated rings. The monoisotopic (exact) mass is 457 g/mol. The molecule has 2 aromatic carbocycles. The fourth-order valence-electron chi connectivity index (χ4n) is 6.50. The number of fused-ring (bicyclic) bond motifs is 1. The molecule has 0 radical (unpaired) electrons. The Labute approximate surface area is 204 Å². The van der Waals surface area contributed by atoms with E-state index in [2.05, 4.69) is 17.9 Å². The lowest BCUT2D eigenvalue weighted by molar-refractivity contribution is 0.0963. The highest BCUT2D eigenvalue weighted by Crippen LogP contribution is 2.33. The number of rotatable bonds is 6. The van der Waals surface area contributed by atoms with Gasteiger partial charge in [-0.05, 0) is 86.9 Å². The van der Waals surface area contributed by atoms with Crippen LogP contribution in [0.25, 0.3) is 10.9 Å². The molecule has 2 N–H and O–H groups in total. The minimum absolute atomic E-state index is 0.0321. The van der Waals surface area contributed by atoms with Crippen LogP contribution in [-0.4, -0.2) is 35.0 Å². The van der Waals surface area contributed by atoms with Gasteiger partial charge in [0.25, 0.3) is 5.91 Å². The van der Waals surface area contributed by atoms with Crippen LogP contribution in [0.5, 0.6) is 0 Å². The first-order chi connectivity index (χ1) is 16.6. The van der Waals surface area contributed by atoms with Gasteiger partial charge in [-0.2, -0.15) is 0 Å². The van der Waals surface area contributed by atoms with Crippen LogP contribution in [0.2, 0.25) is 0 Å². The van der Waals surface area contributed by atoms with Crippen molar-refractivity contribution in [2.24, 2.45) is 11.8 Å². The fourth-order valence-corrected chi connectivity index (χ4v) is 6.50. The van der Waals surface area contributed by atoms with Gasteiger partial charge in [-0.1, -0.05) is 50.3 Å². The number of benzene rings is 2. The molecule has 34 heavy (non-hydrogen) atoms. The molecule has 1 atom stereocenters. The Bertz CT molecular complexity index is 1130. The van der Waals surface area contributed by atoms with Gasteiger partial charge >= 0.3 is 0 Å². The molecule has 1 unspecified atom stereocenters. The maximum absolute atomic E-state index is 13.4. The first-order valence-electron chi connectivity index (χ1n) is 13.3. The highest BCUT2D eigenvalue weighted by Gasteiger charge is 2.25. The van der Waals surface area contributed by atoms with Gasteiger partial charge < -0.3 is 10.6 Å². The fraction of sp³-hybridized carbons (Fsp3) is 0.500. The minimum atomic E-state index is 0.0321. The van der Waals surface area contributed by atoms with E-state index < -0.39 is 0 Å². The van der Waals surface area contributed by atoms with E-state index in [1.165, 1.54) is 70.0 Å². The SMILES string of the molecule is Cc1c(CCN2CCCC(CC3CCCCC3)C2)c2cc(N)ccc2n1C(=O)c1ccccc1. The third-order valence-electron chi connectivity index (χ3n) is 8.26. The maximum Gasteiger partial charge on any atom is 0.262 e. The topological polar surface area (TPSA) is 51.3 Å². The summed E-state index contributed by atoms with van der Waals surface area (Å²) < 4.78 is 1.89. The predicted molar refractivity (Wildman–Crippen MR) is 141 cm³/mol. The van der Waals surface area contributed by atoms with Gasteiger partial charge in [0.05, 0.1) is 5.52 Å². The van der Waals surface area contributed by atoms with E-state index in [0.29, 0.717) is 5.56 Å². The number of piperidine rings is 1. The van der Waals surface area contributed by atoms with Crippen LogP contribution in [0.15, 0.2) is 48.5 Å². The molecule has 2 heterocycles. The van der Waals surface area contributed by atoms with Crippen molar-refractivity contribution in [2.75, 3.05) is 25.4 Å². The van der Waals surface area contributed by atoms with Crippen molar-refractivity contribution < 1.29 is 4.79 Å². The molecule has 1 aliphatic carbocycles. The molecule has 180 valence electrons. The van der Waals surface area contributed by atoms with E-state index >= 15 is 0 Å². The number of carbonyl (C=O) groups is 1. The van der Waals surface area contributed by atoms with E-state index in [4.69, 9.17) is 5.73 Å². The summed E-state index contributed by atoms with van der Waals surface area (Å²) in [6.45, 7) is 5.58. The maximum atomic E-state index is 13.4. The van der Waals surface area contributed by atoms with Gasteiger partial charge in [-0.15, -0.1) is 0 Å². The summed E-state index contributed by atoms with van der Waals surface area (Å²) >= 11 is 0. The highest BCUT2D eigenvalue weighted by molar-refractivity contribution is 6.04. The van der Waals surface area contributed by atoms with Crippen LogP contribution in [0.1, 0.15) is 73.0 Å². The number of hydrogen-bond donors (Lipinski definition) is 1. The zero-order chi connectivity index (χ0) is 23.5. The van der Waals surface area contributed by atoms with Crippen LogP contribution in [0.3, 0.4) is 0 Å². The second-order valence-corrected chi connectivity index (χ2v) is 10.6. The molecule has 2 aliphatic rings. The Hall–Kier alpha value is -2.59. The summed E-state index contributed by atoms with van der Waals surface area (Å²) in [6, 6.07) is 15.5. The van der Waals surface area contributed by atoms with Crippen molar-refractivity contribution in [1.29, 1.82) is 0 Å². The number of likely N-dealkylation sites (tertiary alicyclic amines) is 1. The Morgan fingerprint density at radius 2 is 1.74 bits per heavy atom. The molecule has 4 nitrogen and oxygen atoms in total. The smallest absolute Gasteiger partial charge is 0.262 e. The molecule has 0 amide bonds. The minimum Gasteiger partial charge on any atom is -0.399 e. The molecular weight excluding hydrogens is 418 g/mol. The summed E-state index contributed by atoms with van der Waals surface area (Å²) in [7, 11) is 0. The van der Waals surface area contributed by atoms with Crippen molar-refractivity contribution in [3.05, 3.63) is 65.4 Å². The van der Waals surface area contributed by atoms with Gasteiger partial charge in [-0.25, -0.2) is 0 Å². The lowest BCUT2D eigenvalue weighted by atomic mass is 9.80. The van der Waals surface area contributed by atoms with Crippen molar-refractivity contribution in [2.45, 2.75) is 64.7 Å². The summed E-state index contributed by atoms with van der Waals surface area (Å²) in [5.41, 5.74) is 10.9. The average Bonchev–Trinajstić information content (AvgIpc) is 3.14. The predicted octanol–water partition coefficient (Wildman–Crippen LogP) is 6.45. The standard InChI is InChI=1S/C30H39N3O/c1-22-27(16-18-32-17-8-11-24(21-32)19-23-9-4-2-5-10-23)28-20-26(31)14-15-29(28)33(22)30(34)25-12-6-3-7-13-25/h3,6-7,12-15,20,23-24H,2,4-5,8-11,16-19,21,31H2,1H3. The Morgan fingerprint density at radius 1 is 0.971 bits per heavy atom. The molecule has 0 bridgehead atoms. The number of aromatic nitrogens is 1. The van der Waals surface area contributed by atoms with Crippen LogP contribution < -0.4 is 5.73 Å². The van der Waals surface area contributed by atoms with Gasteiger partial charge in [0.1, 0.15) is 0 Å². The first kappa shape index (κ1) is 23.2. The number of nitrogens with two attached hydrogens (primary N) is 1. The number of carbonyl (C=O) groups excluding carboxylic acids is 1. The van der Waals surface area contributed by atoms with E-state index in [1.54, 1.807) is 0 Å². The zero-order valence-electron chi connectivity index (χ0n) is 20.6. The molecule has 1 aliphatic heterocycles. The zero-order valence-corrected chi connectivity index (χ0v) is 20.6. The molecule has 3 aromatic rings. The number of nitrogen functional groups attached to an aromatic ring is 1. The summed E-state index contributed by atoms with van der Waals surface area (Å²) in [6.07, 6.45) is 12.3. The number of anilines is 1. The van der Waals surface area contributed by atoms with Crippen molar-refractivity contribution in [1.82, 2.24) is 9.47 Å². The van der Waals surface area contributed by atoms with E-state index in [9.17, 15) is 4.79 Å². The van der Waals surface area contributed by atoms with Crippen molar-refractivity contribution in [3.8, 4) is 0 Å². The van der Waals surface area contributed by atoms with Gasteiger partial charge in [0.2, 0.25) is 0 Å². The number of hydrogen-bond acceptors (Lipinski definition) is 3. The van der Waals surface area contributed by atoms with Crippen LogP contribution >= 0.6 is 0 Å². The Morgan fingerprint density at radius 3 is 2.53 bits per heavy atom. The molecule has 1 saturated heterocycles. The average molecular weight is 458 g/mol. The van der Waals surface area contributed by atoms with E-state index in [1.807, 2.05) is 47.0 Å². The van der Waals surface area contributed by atoms with Crippen molar-refractivity contribution in [3.63, 3.8) is 0 Å². The number of nitrogens with zero attached hydrogens (tertiary/aromatic N) is 2. The second kappa shape index (κ2) is 10.4. The van der Waals surface area contributed by atoms with Crippen molar-refractivity contribution >= 4 is 22.5 Å². The lowest BCUT2D eigenvalue weighted by Gasteiger charge is -2.35. The van der Waals surface area contributed by atoms with Crippen LogP contribution in [0.4, 0.5) is 5.69 Å². The Balaban J connectivity index is 1.34. The van der Waals surface area contributed by atoms with Gasteiger partial charge in [-0.3, -0.25) is 9.36 Å². The quantitative estimate of drug-likeness (QED) is 0.433. The molecule has 1 saturated carbocycles. The van der Waals surface area contributed by atoms with Crippen LogP contribution in [0, 0.1) is 18.8 Å². The summed E-state index contributed by atoms with van der Waals surface area (Å²) in [5, 5.41) is 1.12. The highest BCUT2D eigenvalue weighted by atomic mass is 16.2. The molecule has 4 heteroatoms. The molecule has 5 rings (SSSR count). The van der Waals surface area contributed by atoms with Gasteiger partial charge in [0, 0.05) is 35.4 Å². The third-order valence-corrected chi connectivity index (χ3v) is 8.26.